The Balaban J connectivity index is 1.87. The molecule has 1 aromatic heterocycles. The molecule has 1 heterocycles. The lowest BCUT2D eigenvalue weighted by atomic mass is 10.0. The number of rotatable bonds is 5. The van der Waals surface area contributed by atoms with Crippen molar-refractivity contribution >= 4 is 5.91 Å². The molecule has 1 unspecified atom stereocenters. The van der Waals surface area contributed by atoms with Crippen LogP contribution in [0, 0.1) is 18.6 Å². The fourth-order valence-electron chi connectivity index (χ4n) is 2.92. The summed E-state index contributed by atoms with van der Waals surface area (Å²) >= 11 is 0. The van der Waals surface area contributed by atoms with Gasteiger partial charge in [0.2, 0.25) is 0 Å². The van der Waals surface area contributed by atoms with Crippen molar-refractivity contribution in [2.75, 3.05) is 6.61 Å². The lowest BCUT2D eigenvalue weighted by Gasteiger charge is -2.18. The molecule has 0 bridgehead atoms. The fourth-order valence-corrected chi connectivity index (χ4v) is 2.92. The second-order valence-corrected chi connectivity index (χ2v) is 6.33. The highest BCUT2D eigenvalue weighted by Crippen LogP contribution is 2.21. The van der Waals surface area contributed by atoms with E-state index in [1.54, 1.807) is 6.07 Å². The van der Waals surface area contributed by atoms with Gasteiger partial charge in [-0.15, -0.1) is 0 Å². The maximum atomic E-state index is 13.9. The average molecular weight is 384 g/mol. The molecule has 0 radical (unpaired) electrons. The van der Waals surface area contributed by atoms with Crippen LogP contribution < -0.4 is 10.9 Å². The molecule has 1 amide bonds. The Morgan fingerprint density at radius 3 is 2.39 bits per heavy atom. The van der Waals surface area contributed by atoms with Crippen molar-refractivity contribution in [2.24, 2.45) is 0 Å². The smallest absolute Gasteiger partial charge is 0.261 e. The van der Waals surface area contributed by atoms with Crippen LogP contribution in [-0.2, 0) is 0 Å². The third kappa shape index (κ3) is 3.99. The third-order valence-corrected chi connectivity index (χ3v) is 4.32. The quantitative estimate of drug-likeness (QED) is 0.632. The summed E-state index contributed by atoms with van der Waals surface area (Å²) in [5, 5.41) is 11.8. The minimum absolute atomic E-state index is 0.230. The second kappa shape index (κ2) is 8.14. The SMILES string of the molecule is Cc1cccc(-c2ccc(C(=O)NC(CO)c3c(F)cccc3F)c(=O)[nH]2)c1. The first-order valence-electron chi connectivity index (χ1n) is 8.56. The van der Waals surface area contributed by atoms with Crippen LogP contribution in [0.2, 0.25) is 0 Å². The largest absolute Gasteiger partial charge is 0.394 e. The van der Waals surface area contributed by atoms with E-state index < -0.39 is 41.3 Å². The van der Waals surface area contributed by atoms with E-state index in [0.29, 0.717) is 5.69 Å². The first-order valence-corrected chi connectivity index (χ1v) is 8.56. The predicted octanol–water partition coefficient (Wildman–Crippen LogP) is 3.09. The van der Waals surface area contributed by atoms with Gasteiger partial charge >= 0.3 is 0 Å². The van der Waals surface area contributed by atoms with Gasteiger partial charge in [-0.1, -0.05) is 29.8 Å². The average Bonchev–Trinajstić information content (AvgIpc) is 2.66. The molecule has 7 heteroatoms. The van der Waals surface area contributed by atoms with Crippen LogP contribution in [0.4, 0.5) is 8.78 Å². The highest BCUT2D eigenvalue weighted by molar-refractivity contribution is 5.94. The summed E-state index contributed by atoms with van der Waals surface area (Å²) in [6, 6.07) is 12.3. The molecule has 0 aliphatic carbocycles. The number of aliphatic hydroxyl groups excluding tert-OH is 1. The van der Waals surface area contributed by atoms with Crippen LogP contribution in [0.3, 0.4) is 0 Å². The minimum atomic E-state index is -1.33. The third-order valence-electron chi connectivity index (χ3n) is 4.32. The molecule has 0 aliphatic rings. The van der Waals surface area contributed by atoms with Gasteiger partial charge in [-0.2, -0.15) is 0 Å². The number of carbonyl (C=O) groups is 1. The molecule has 1 atom stereocenters. The zero-order valence-electron chi connectivity index (χ0n) is 15.0. The number of pyridine rings is 1. The topological polar surface area (TPSA) is 82.2 Å². The lowest BCUT2D eigenvalue weighted by Crippen LogP contribution is -2.35. The number of carbonyl (C=O) groups excluding carboxylic acids is 1. The first kappa shape index (κ1) is 19.4. The maximum absolute atomic E-state index is 13.9. The molecular weight excluding hydrogens is 366 g/mol. The van der Waals surface area contributed by atoms with Crippen molar-refractivity contribution < 1.29 is 18.7 Å². The molecule has 28 heavy (non-hydrogen) atoms. The summed E-state index contributed by atoms with van der Waals surface area (Å²) < 4.78 is 27.8. The monoisotopic (exact) mass is 384 g/mol. The van der Waals surface area contributed by atoms with Crippen LogP contribution in [0.25, 0.3) is 11.3 Å². The van der Waals surface area contributed by atoms with E-state index in [4.69, 9.17) is 0 Å². The van der Waals surface area contributed by atoms with Crippen LogP contribution >= 0.6 is 0 Å². The number of amides is 1. The van der Waals surface area contributed by atoms with E-state index in [0.717, 1.165) is 23.3 Å². The number of halogens is 2. The summed E-state index contributed by atoms with van der Waals surface area (Å²) in [4.78, 5) is 27.4. The van der Waals surface area contributed by atoms with Gasteiger partial charge in [0.05, 0.1) is 12.6 Å². The van der Waals surface area contributed by atoms with E-state index >= 15 is 0 Å². The predicted molar refractivity (Wildman–Crippen MR) is 101 cm³/mol. The Morgan fingerprint density at radius 2 is 1.79 bits per heavy atom. The highest BCUT2D eigenvalue weighted by atomic mass is 19.1. The molecule has 0 fully saturated rings. The number of nitrogens with one attached hydrogen (secondary N) is 2. The Hall–Kier alpha value is -3.32. The van der Waals surface area contributed by atoms with E-state index in [1.807, 2.05) is 31.2 Å². The van der Waals surface area contributed by atoms with Crippen molar-refractivity contribution in [3.8, 4) is 11.3 Å². The number of aromatic amines is 1. The Bertz CT molecular complexity index is 1060. The van der Waals surface area contributed by atoms with Gasteiger partial charge in [0.15, 0.2) is 0 Å². The number of hydrogen-bond donors (Lipinski definition) is 3. The van der Waals surface area contributed by atoms with Gasteiger partial charge in [-0.3, -0.25) is 9.59 Å². The number of hydrogen-bond acceptors (Lipinski definition) is 3. The van der Waals surface area contributed by atoms with E-state index in [2.05, 4.69) is 10.3 Å². The minimum Gasteiger partial charge on any atom is -0.394 e. The summed E-state index contributed by atoms with van der Waals surface area (Å²) in [6.45, 7) is 1.18. The molecule has 5 nitrogen and oxygen atoms in total. The van der Waals surface area contributed by atoms with Crippen LogP contribution in [-0.4, -0.2) is 22.6 Å². The van der Waals surface area contributed by atoms with Gasteiger partial charge in [-0.25, -0.2) is 8.78 Å². The van der Waals surface area contributed by atoms with Crippen LogP contribution in [0.15, 0.2) is 59.4 Å². The van der Waals surface area contributed by atoms with Crippen molar-refractivity contribution in [3.63, 3.8) is 0 Å². The lowest BCUT2D eigenvalue weighted by molar-refractivity contribution is 0.0912. The second-order valence-electron chi connectivity index (χ2n) is 6.33. The van der Waals surface area contributed by atoms with Gasteiger partial charge < -0.3 is 15.4 Å². The summed E-state index contributed by atoms with van der Waals surface area (Å²) in [6.07, 6.45) is 0. The standard InChI is InChI=1S/C21H18F2N2O3/c1-12-4-2-5-13(10-12)17-9-8-14(20(27)24-17)21(28)25-18(11-26)19-15(22)6-3-7-16(19)23/h2-10,18,26H,11H2,1H3,(H,24,27)(H,25,28). The summed E-state index contributed by atoms with van der Waals surface area (Å²) in [7, 11) is 0. The zero-order chi connectivity index (χ0) is 20.3. The molecule has 2 aromatic carbocycles. The molecule has 3 aromatic rings. The Kier molecular flexibility index (Phi) is 5.65. The molecular formula is C21H18F2N2O3. The number of H-pyrrole nitrogens is 1. The van der Waals surface area contributed by atoms with Gasteiger partial charge in [0.25, 0.3) is 11.5 Å². The Morgan fingerprint density at radius 1 is 1.11 bits per heavy atom. The van der Waals surface area contributed by atoms with Crippen molar-refractivity contribution in [1.82, 2.24) is 10.3 Å². The van der Waals surface area contributed by atoms with Crippen molar-refractivity contribution in [1.29, 1.82) is 0 Å². The number of benzene rings is 2. The number of aromatic nitrogens is 1. The van der Waals surface area contributed by atoms with Crippen molar-refractivity contribution in [2.45, 2.75) is 13.0 Å². The Labute approximate surface area is 159 Å². The molecule has 0 saturated carbocycles. The van der Waals surface area contributed by atoms with E-state index in [-0.39, 0.29) is 5.56 Å². The van der Waals surface area contributed by atoms with Crippen LogP contribution in [0.1, 0.15) is 27.5 Å². The molecule has 0 saturated heterocycles. The normalized spacial score (nSPS) is 11.9. The van der Waals surface area contributed by atoms with Crippen molar-refractivity contribution in [3.05, 3.63) is 93.3 Å². The van der Waals surface area contributed by atoms with E-state index in [9.17, 15) is 23.5 Å². The molecule has 144 valence electrons. The van der Waals surface area contributed by atoms with Gasteiger partial charge in [-0.05, 0) is 42.8 Å². The number of aryl methyl sites for hydroxylation is 1. The molecule has 0 aliphatic heterocycles. The fraction of sp³-hybridized carbons (Fsp3) is 0.143. The van der Waals surface area contributed by atoms with Gasteiger partial charge in [0, 0.05) is 11.3 Å². The van der Waals surface area contributed by atoms with E-state index in [1.165, 1.54) is 12.1 Å². The van der Waals surface area contributed by atoms with Crippen LogP contribution in [0.5, 0.6) is 0 Å². The first-order chi connectivity index (χ1) is 13.4. The molecule has 0 spiro atoms. The molecule has 3 rings (SSSR count). The summed E-state index contributed by atoms with van der Waals surface area (Å²) in [5.41, 5.74) is 0.979. The maximum Gasteiger partial charge on any atom is 0.261 e. The number of aliphatic hydroxyl groups is 1. The highest BCUT2D eigenvalue weighted by Gasteiger charge is 2.23. The van der Waals surface area contributed by atoms with Gasteiger partial charge in [0.1, 0.15) is 17.2 Å². The summed E-state index contributed by atoms with van der Waals surface area (Å²) in [5.74, 6) is -2.65. The zero-order valence-corrected chi connectivity index (χ0v) is 15.0. The molecule has 3 N–H and O–H groups in total.